The van der Waals surface area contributed by atoms with Gasteiger partial charge in [-0.15, -0.1) is 0 Å². The van der Waals surface area contributed by atoms with Gasteiger partial charge in [0.1, 0.15) is 6.10 Å². The monoisotopic (exact) mass is 220 g/mol. The molecule has 3 nitrogen and oxygen atoms in total. The van der Waals surface area contributed by atoms with Crippen molar-refractivity contribution >= 4 is 5.69 Å². The van der Waals surface area contributed by atoms with Crippen LogP contribution in [0.25, 0.3) is 0 Å². The second-order valence-corrected chi connectivity index (χ2v) is 4.69. The van der Waals surface area contributed by atoms with Crippen molar-refractivity contribution in [2.75, 3.05) is 19.0 Å². The molecule has 2 heterocycles. The summed E-state index contributed by atoms with van der Waals surface area (Å²) in [5.41, 5.74) is 4.89. The van der Waals surface area contributed by atoms with Crippen LogP contribution in [0.1, 0.15) is 49.1 Å². The lowest BCUT2D eigenvalue weighted by molar-refractivity contribution is 0.0927. The number of anilines is 1. The first-order valence-corrected chi connectivity index (χ1v) is 5.91. The summed E-state index contributed by atoms with van der Waals surface area (Å²) >= 11 is 0. The number of hydrogen-bond acceptors (Lipinski definition) is 3. The molecular weight excluding hydrogens is 200 g/mol. The third-order valence-electron chi connectivity index (χ3n) is 3.33. The number of pyridine rings is 1. The molecule has 0 radical (unpaired) electrons. The summed E-state index contributed by atoms with van der Waals surface area (Å²) in [7, 11) is 1.76. The van der Waals surface area contributed by atoms with Crippen LogP contribution >= 0.6 is 0 Å². The van der Waals surface area contributed by atoms with Crippen LogP contribution in [0.5, 0.6) is 0 Å². The van der Waals surface area contributed by atoms with E-state index in [-0.39, 0.29) is 6.10 Å². The number of ether oxygens (including phenoxy) is 1. The first-order valence-electron chi connectivity index (χ1n) is 5.91. The minimum atomic E-state index is 0.149. The van der Waals surface area contributed by atoms with E-state index in [1.807, 2.05) is 6.20 Å². The predicted octanol–water partition coefficient (Wildman–Crippen LogP) is 3.02. The Kier molecular flexibility index (Phi) is 3.15. The Morgan fingerprint density at radius 1 is 1.50 bits per heavy atom. The van der Waals surface area contributed by atoms with Crippen molar-refractivity contribution in [1.82, 2.24) is 4.98 Å². The van der Waals surface area contributed by atoms with Gasteiger partial charge in [0.15, 0.2) is 0 Å². The van der Waals surface area contributed by atoms with Gasteiger partial charge in [0.05, 0.1) is 11.4 Å². The van der Waals surface area contributed by atoms with Crippen molar-refractivity contribution in [3.05, 3.63) is 23.0 Å². The van der Waals surface area contributed by atoms with Crippen LogP contribution in [0.15, 0.2) is 6.20 Å². The quantitative estimate of drug-likeness (QED) is 0.832. The Morgan fingerprint density at radius 2 is 2.25 bits per heavy atom. The van der Waals surface area contributed by atoms with Gasteiger partial charge in [0.2, 0.25) is 0 Å². The zero-order valence-corrected chi connectivity index (χ0v) is 10.5. The molecule has 0 aromatic carbocycles. The van der Waals surface area contributed by atoms with E-state index in [1.54, 1.807) is 7.11 Å². The topological polar surface area (TPSA) is 34.1 Å². The summed E-state index contributed by atoms with van der Waals surface area (Å²) in [6.07, 6.45) is 3.14. The van der Waals surface area contributed by atoms with Gasteiger partial charge in [-0.1, -0.05) is 13.8 Å². The van der Waals surface area contributed by atoms with Crippen molar-refractivity contribution in [2.24, 2.45) is 0 Å². The molecule has 1 aliphatic heterocycles. The van der Waals surface area contributed by atoms with E-state index >= 15 is 0 Å². The second kappa shape index (κ2) is 4.42. The molecular formula is C13H20N2O. The summed E-state index contributed by atoms with van der Waals surface area (Å²) in [4.78, 5) is 4.57. The lowest BCUT2D eigenvalue weighted by Crippen LogP contribution is -2.21. The van der Waals surface area contributed by atoms with Crippen LogP contribution in [0.2, 0.25) is 0 Å². The van der Waals surface area contributed by atoms with Crippen molar-refractivity contribution in [1.29, 1.82) is 0 Å². The standard InChI is InChI=1S/C13H20N2O/c1-8(2)10-7-15-13-11(16-4)5-6-14-12(13)9(10)3/h7-8,11,14H,5-6H2,1-4H3. The van der Waals surface area contributed by atoms with Gasteiger partial charge < -0.3 is 10.1 Å². The number of nitrogens with one attached hydrogen (secondary N) is 1. The molecule has 1 aliphatic rings. The Labute approximate surface area is 97.2 Å². The van der Waals surface area contributed by atoms with E-state index in [1.165, 1.54) is 16.8 Å². The average Bonchev–Trinajstić information content (AvgIpc) is 2.28. The summed E-state index contributed by atoms with van der Waals surface area (Å²) in [6.45, 7) is 7.54. The number of hydrogen-bond donors (Lipinski definition) is 1. The van der Waals surface area contributed by atoms with E-state index in [0.717, 1.165) is 18.7 Å². The van der Waals surface area contributed by atoms with Gasteiger partial charge in [0, 0.05) is 19.9 Å². The van der Waals surface area contributed by atoms with Gasteiger partial charge in [-0.25, -0.2) is 0 Å². The highest BCUT2D eigenvalue weighted by molar-refractivity contribution is 5.59. The molecule has 0 spiro atoms. The van der Waals surface area contributed by atoms with E-state index in [2.05, 4.69) is 31.1 Å². The van der Waals surface area contributed by atoms with E-state index < -0.39 is 0 Å². The van der Waals surface area contributed by atoms with Gasteiger partial charge >= 0.3 is 0 Å². The van der Waals surface area contributed by atoms with Crippen LogP contribution in [-0.4, -0.2) is 18.6 Å². The van der Waals surface area contributed by atoms with Crippen LogP contribution in [0.3, 0.4) is 0 Å². The maximum atomic E-state index is 5.47. The molecule has 1 unspecified atom stereocenters. The number of methoxy groups -OCH3 is 1. The summed E-state index contributed by atoms with van der Waals surface area (Å²) in [5.74, 6) is 0.516. The molecule has 88 valence electrons. The van der Waals surface area contributed by atoms with Crippen molar-refractivity contribution in [2.45, 2.75) is 39.2 Å². The first-order chi connectivity index (χ1) is 7.65. The zero-order chi connectivity index (χ0) is 11.7. The van der Waals surface area contributed by atoms with E-state index in [9.17, 15) is 0 Å². The number of nitrogens with zero attached hydrogens (tertiary/aromatic N) is 1. The van der Waals surface area contributed by atoms with Crippen LogP contribution in [0.4, 0.5) is 5.69 Å². The number of fused-ring (bicyclic) bond motifs is 1. The van der Waals surface area contributed by atoms with Gasteiger partial charge in [0.25, 0.3) is 0 Å². The highest BCUT2D eigenvalue weighted by atomic mass is 16.5. The Morgan fingerprint density at radius 3 is 2.88 bits per heavy atom. The molecule has 1 aromatic heterocycles. The molecule has 0 aliphatic carbocycles. The smallest absolute Gasteiger partial charge is 0.103 e. The van der Waals surface area contributed by atoms with Gasteiger partial charge in [-0.2, -0.15) is 0 Å². The van der Waals surface area contributed by atoms with Gasteiger partial charge in [-0.3, -0.25) is 4.98 Å². The Balaban J connectivity index is 2.48. The third-order valence-corrected chi connectivity index (χ3v) is 3.33. The highest BCUT2D eigenvalue weighted by Crippen LogP contribution is 2.35. The molecule has 0 saturated carbocycles. The van der Waals surface area contributed by atoms with Crippen molar-refractivity contribution in [3.8, 4) is 0 Å². The molecule has 0 amide bonds. The molecule has 1 N–H and O–H groups in total. The fourth-order valence-corrected chi connectivity index (χ4v) is 2.38. The van der Waals surface area contributed by atoms with Crippen LogP contribution in [-0.2, 0) is 4.74 Å². The first kappa shape index (κ1) is 11.4. The molecule has 16 heavy (non-hydrogen) atoms. The number of rotatable bonds is 2. The normalized spacial score (nSPS) is 19.4. The summed E-state index contributed by atoms with van der Waals surface area (Å²) < 4.78 is 5.47. The maximum absolute atomic E-state index is 5.47. The van der Waals surface area contributed by atoms with Crippen LogP contribution in [0, 0.1) is 6.92 Å². The molecule has 0 bridgehead atoms. The average molecular weight is 220 g/mol. The van der Waals surface area contributed by atoms with Gasteiger partial charge in [-0.05, 0) is 30.4 Å². The van der Waals surface area contributed by atoms with Crippen molar-refractivity contribution in [3.63, 3.8) is 0 Å². The largest absolute Gasteiger partial charge is 0.383 e. The summed E-state index contributed by atoms with van der Waals surface area (Å²) in [5, 5.41) is 3.45. The van der Waals surface area contributed by atoms with Crippen molar-refractivity contribution < 1.29 is 4.74 Å². The third kappa shape index (κ3) is 1.80. The molecule has 1 aromatic rings. The summed E-state index contributed by atoms with van der Waals surface area (Å²) in [6, 6.07) is 0. The zero-order valence-electron chi connectivity index (χ0n) is 10.5. The predicted molar refractivity (Wildman–Crippen MR) is 65.9 cm³/mol. The molecule has 3 heteroatoms. The lowest BCUT2D eigenvalue weighted by atomic mass is 9.95. The molecule has 0 fully saturated rings. The minimum Gasteiger partial charge on any atom is -0.383 e. The fourth-order valence-electron chi connectivity index (χ4n) is 2.38. The van der Waals surface area contributed by atoms with Crippen LogP contribution < -0.4 is 5.32 Å². The Hall–Kier alpha value is -1.09. The molecule has 0 saturated heterocycles. The minimum absolute atomic E-state index is 0.149. The molecule has 1 atom stereocenters. The second-order valence-electron chi connectivity index (χ2n) is 4.69. The van der Waals surface area contributed by atoms with E-state index in [4.69, 9.17) is 4.74 Å². The highest BCUT2D eigenvalue weighted by Gasteiger charge is 2.24. The lowest BCUT2D eigenvalue weighted by Gasteiger charge is -2.27. The van der Waals surface area contributed by atoms with E-state index in [0.29, 0.717) is 5.92 Å². The Bertz CT molecular complexity index is 388. The number of aromatic nitrogens is 1. The SMILES string of the molecule is COC1CCNc2c1ncc(C(C)C)c2C. The maximum Gasteiger partial charge on any atom is 0.103 e. The molecule has 2 rings (SSSR count). The fraction of sp³-hybridized carbons (Fsp3) is 0.615.